The molecule has 0 amide bonds. The zero-order chi connectivity index (χ0) is 78.7. The van der Waals surface area contributed by atoms with Crippen LogP contribution in [0, 0.1) is 63.2 Å². The van der Waals surface area contributed by atoms with Gasteiger partial charge in [-0.25, -0.2) is 0 Å². The van der Waals surface area contributed by atoms with E-state index in [0.29, 0.717) is 0 Å². The van der Waals surface area contributed by atoms with E-state index in [9.17, 15) is 0 Å². The zero-order valence-electron chi connectivity index (χ0n) is 69.1. The summed E-state index contributed by atoms with van der Waals surface area (Å²) in [4.78, 5) is 0. The van der Waals surface area contributed by atoms with Gasteiger partial charge in [-0.3, -0.25) is 0 Å². The maximum absolute atomic E-state index is 3.90. The Morgan fingerprint density at radius 3 is 0.517 bits per heavy atom. The van der Waals surface area contributed by atoms with Gasteiger partial charge in [0.25, 0.3) is 0 Å². The van der Waals surface area contributed by atoms with Crippen LogP contribution in [0.4, 0.5) is 0 Å². The Balaban J connectivity index is 0.898. The van der Waals surface area contributed by atoms with Crippen LogP contribution in [0.15, 0.2) is 144 Å². The van der Waals surface area contributed by atoms with E-state index in [1.54, 1.807) is 293 Å². The highest BCUT2D eigenvalue weighted by molar-refractivity contribution is 6.86. The third kappa shape index (κ3) is 4.90. The van der Waals surface area contributed by atoms with Crippen molar-refractivity contribution in [1.82, 2.24) is 0 Å². The Morgan fingerprint density at radius 2 is 0.325 bits per heavy atom. The van der Waals surface area contributed by atoms with E-state index in [2.05, 4.69) is 277 Å². The fourth-order valence-electron chi connectivity index (χ4n) is 32.3. The lowest BCUT2D eigenvalue weighted by Gasteiger charge is -2.60. The van der Waals surface area contributed by atoms with Gasteiger partial charge in [-0.15, -0.1) is 27.7 Å². The van der Waals surface area contributed by atoms with Crippen molar-refractivity contribution in [1.29, 1.82) is 0 Å². The van der Waals surface area contributed by atoms with Crippen LogP contribution >= 0.6 is 0 Å². The number of benzene rings is 20. The lowest BCUT2D eigenvalue weighted by atomic mass is 9.40. The molecule has 0 bridgehead atoms. The van der Waals surface area contributed by atoms with Gasteiger partial charge in [-0.2, -0.15) is 0 Å². The van der Waals surface area contributed by atoms with Crippen LogP contribution in [-0.4, -0.2) is 40.4 Å². The summed E-state index contributed by atoms with van der Waals surface area (Å²) in [6.45, 7) is 36.1. The predicted octanol–water partition coefficient (Wildman–Crippen LogP) is 27.3. The fourth-order valence-corrected chi connectivity index (χ4v) is 34.8. The highest BCUT2D eigenvalue weighted by atomic mass is 28.3. The molecule has 546 valence electrons. The number of hydrogen-bond acceptors (Lipinski definition) is 0. The van der Waals surface area contributed by atoms with Crippen molar-refractivity contribution in [3.63, 3.8) is 0 Å². The summed E-state index contributed by atoms with van der Waals surface area (Å²) >= 11 is 0. The summed E-state index contributed by atoms with van der Waals surface area (Å²) in [5, 5.41) is 63.4. The van der Waals surface area contributed by atoms with Crippen molar-refractivity contribution in [3.8, 4) is 57.3 Å². The third-order valence-corrected chi connectivity index (χ3v) is 38.5. The maximum Gasteiger partial charge on any atom is 0.129 e. The summed E-state index contributed by atoms with van der Waals surface area (Å²) < 4.78 is 0. The number of rotatable bonds is 5. The molecule has 120 heavy (non-hydrogen) atoms. The second-order valence-corrected chi connectivity index (χ2v) is 68.7. The Kier molecular flexibility index (Phi) is 8.12. The van der Waals surface area contributed by atoms with Crippen molar-refractivity contribution in [2.24, 2.45) is 5.92 Å². The van der Waals surface area contributed by atoms with E-state index in [0.717, 1.165) is 27.8 Å². The largest absolute Gasteiger partial charge is 0.129 e. The quantitative estimate of drug-likeness (QED) is 0.0915. The molecule has 0 fully saturated rings. The predicted molar refractivity (Wildman–Crippen MR) is 518 cm³/mol. The summed E-state index contributed by atoms with van der Waals surface area (Å²) in [5.41, 5.74) is 50.9. The molecule has 0 aliphatic heterocycles. The average molecular weight is 1590 g/mol. The summed E-state index contributed by atoms with van der Waals surface area (Å²) in [5.74, 6) is 19.3. The van der Waals surface area contributed by atoms with E-state index in [1.165, 1.54) is 27.8 Å². The van der Waals surface area contributed by atoms with Gasteiger partial charge in [0.05, 0.1) is 27.1 Å². The topological polar surface area (TPSA) is 0 Å². The Morgan fingerprint density at radius 1 is 0.175 bits per heavy atom. The Bertz CT molecular complexity index is 9670. The van der Waals surface area contributed by atoms with Gasteiger partial charge in [0, 0.05) is 33.7 Å². The van der Waals surface area contributed by atoms with Gasteiger partial charge in [0.2, 0.25) is 0 Å². The smallest absolute Gasteiger partial charge is 0.127 e. The van der Waals surface area contributed by atoms with Gasteiger partial charge in [0.1, 0.15) is 40.4 Å². The maximum atomic E-state index is 3.90. The minimum absolute atomic E-state index is 0.202. The molecule has 0 radical (unpaired) electrons. The lowest BCUT2D eigenvalue weighted by Crippen LogP contribution is -2.57. The molecule has 4 atom stereocenters. The minimum atomic E-state index is -1.81. The second kappa shape index (κ2) is 16.1. The van der Waals surface area contributed by atoms with Gasteiger partial charge in [-0.05, 0) is 382 Å². The molecule has 5 heteroatoms. The molecule has 4 unspecified atom stereocenters. The first-order valence-electron chi connectivity index (χ1n) is 44.2. The van der Waals surface area contributed by atoms with Gasteiger partial charge in [-0.1, -0.05) is 188 Å². The van der Waals surface area contributed by atoms with E-state index in [1.807, 2.05) is 0 Å². The second-order valence-electron chi connectivity index (χ2n) is 45.0. The van der Waals surface area contributed by atoms with Crippen LogP contribution in [0.5, 0.6) is 0 Å². The van der Waals surface area contributed by atoms with Crippen LogP contribution in [-0.2, 0) is 27.1 Å². The van der Waals surface area contributed by atoms with E-state index in [4.69, 9.17) is 0 Å². The molecule has 0 aromatic heterocycles. The lowest BCUT2D eigenvalue weighted by molar-refractivity contribution is 0.369. The van der Waals surface area contributed by atoms with Gasteiger partial charge < -0.3 is 0 Å². The molecule has 0 spiro atoms. The summed E-state index contributed by atoms with van der Waals surface area (Å²) in [6.07, 6.45) is 0. The molecule has 26 aromatic carbocycles. The molecule has 0 N–H and O–H groups in total. The monoisotopic (exact) mass is 1590 g/mol. The highest BCUT2D eigenvalue weighted by Crippen LogP contribution is 2.93. The van der Waals surface area contributed by atoms with Crippen LogP contribution in [0.25, 0.3) is 215 Å². The minimum Gasteiger partial charge on any atom is -0.127 e. The van der Waals surface area contributed by atoms with Crippen LogP contribution in [0.1, 0.15) is 111 Å². The molecular formula is C115H66Si5. The standard InChI is InChI=1S/C115H66Si5/c1-116(2,3)41-36-46-16-26-51(27-17-46)111-96-86-76-66-61-56-57-59-60-58(56)63-70-68(61)78(76)88-90-80(70)82-72(63)74-65(60)75-73-64(59)71-69-62(57)67(66)77-79(69)89-91-81(71)83(73)93-95-85(75)84(74)94-92(82)102-100(90)112(98(88)96,52-28-18-47(19-29-52)37-42-117(4,5)6)107-106(111)108-110-109(107)114(102,54-32-22-49(23-33-54)39-44-119(10,11)12)104(94)105(95)115(110,55-34-24-50(25-35-55)40-45-120(13,14)15)103(93)101(91)113(108,99(89)97(111)87(77)86)53-30-20-48(21-31-53)38-43-118(7,8)9/h16-35,106H,1-15H3. The normalized spacial score (nSPS) is 23.1. The molecule has 26 aromatic rings. The molecular weight excluding hydrogens is 1520 g/mol. The molecule has 11 aliphatic rings. The van der Waals surface area contributed by atoms with Crippen molar-refractivity contribution < 1.29 is 0 Å². The number of allylic oxidation sites excluding steroid dienone is 4. The summed E-state index contributed by atoms with van der Waals surface area (Å²) in [7, 11) is -9.05. The van der Waals surface area contributed by atoms with Crippen molar-refractivity contribution in [2.45, 2.75) is 125 Å². The van der Waals surface area contributed by atoms with E-state index >= 15 is 0 Å². The Labute approximate surface area is 693 Å². The van der Waals surface area contributed by atoms with Crippen molar-refractivity contribution in [2.75, 3.05) is 0 Å². The average Bonchev–Trinajstić information content (AvgIpc) is 1.37. The Hall–Kier alpha value is -12.0. The van der Waals surface area contributed by atoms with E-state index in [-0.39, 0.29) is 5.92 Å². The first-order valence-corrected chi connectivity index (χ1v) is 61.7. The van der Waals surface area contributed by atoms with Crippen LogP contribution in [0.2, 0.25) is 98.2 Å². The molecule has 0 saturated carbocycles. The molecule has 37 rings (SSSR count). The number of hydrogen-bond donors (Lipinski definition) is 0. The van der Waals surface area contributed by atoms with E-state index < -0.39 is 67.4 Å². The molecule has 0 heterocycles. The molecule has 0 saturated heterocycles. The third-order valence-electron chi connectivity index (χ3n) is 34.2. The zero-order valence-corrected chi connectivity index (χ0v) is 74.1. The van der Waals surface area contributed by atoms with Gasteiger partial charge in [0.15, 0.2) is 0 Å². The molecule has 0 nitrogen and oxygen atoms in total. The first kappa shape index (κ1) is 60.4. The summed E-state index contributed by atoms with van der Waals surface area (Å²) in [6, 6.07) is 52.0. The van der Waals surface area contributed by atoms with Crippen molar-refractivity contribution in [3.05, 3.63) is 255 Å². The van der Waals surface area contributed by atoms with Crippen LogP contribution < -0.4 is 0 Å². The SMILES string of the molecule is C[Si](C)(C)C#Cc1ccc(C23C4=C5C6C7=C4C4(c8ccc(C#C[Si](C)(C)C)cc8)c8c2c2c9c3c3c%10c%11c(c%12c%13c%14c(c%15c%16c%17c(c4c4c8c8c2c2c%18c9c%10c9c%10c%11c%13c%11c%13c%14c%16c%14c%16c%17c4c4c8c2c2c(c%189)c(c%10%11)c(c%14%13)c2c4%16)C7%15c2ccc(C#C[Si](C)(C)C)cc2)C%126c2ccc(C#C[Si](C)(C)C)cc2)C53c2ccc(C#C[Si](C)(C)C)cc2)cc1. The fraction of sp³-hybridized carbons (Fsp3) is 0.183. The van der Waals surface area contributed by atoms with Crippen molar-refractivity contribution >= 4 is 256 Å². The van der Waals surface area contributed by atoms with Gasteiger partial charge >= 0.3 is 0 Å². The van der Waals surface area contributed by atoms with Crippen LogP contribution in [0.3, 0.4) is 0 Å². The highest BCUT2D eigenvalue weighted by Gasteiger charge is 2.83. The first-order chi connectivity index (χ1) is 57.7. The molecule has 11 aliphatic carbocycles.